The Balaban J connectivity index is 1.95. The van der Waals surface area contributed by atoms with Gasteiger partial charge in [-0.3, -0.25) is 0 Å². The minimum atomic E-state index is -0.868. The van der Waals surface area contributed by atoms with Crippen LogP contribution in [-0.2, 0) is 6.42 Å². The lowest BCUT2D eigenvalue weighted by Gasteiger charge is -2.08. The Morgan fingerprint density at radius 2 is 2.04 bits per heavy atom. The first-order valence-corrected chi connectivity index (χ1v) is 8.37. The number of aromatic nitrogens is 1. The molecule has 23 heavy (non-hydrogen) atoms. The van der Waals surface area contributed by atoms with Gasteiger partial charge in [0.05, 0.1) is 16.8 Å². The van der Waals surface area contributed by atoms with Gasteiger partial charge in [0.1, 0.15) is 0 Å². The second-order valence-electron chi connectivity index (χ2n) is 5.75. The topological polar surface area (TPSA) is 50.2 Å². The maximum absolute atomic E-state index is 11.8. The number of aryl methyl sites for hydroxylation is 1. The number of hydrogen-bond donors (Lipinski definition) is 1. The van der Waals surface area contributed by atoms with Gasteiger partial charge in [0.25, 0.3) is 0 Å². The van der Waals surface area contributed by atoms with Gasteiger partial charge in [-0.25, -0.2) is 9.78 Å². The van der Waals surface area contributed by atoms with Crippen molar-refractivity contribution < 1.29 is 9.90 Å². The number of carbonyl (C=O) groups is 1. The minimum Gasteiger partial charge on any atom is -0.478 e. The lowest BCUT2D eigenvalue weighted by atomic mass is 10.0. The Labute approximate surface area is 137 Å². The van der Waals surface area contributed by atoms with Gasteiger partial charge < -0.3 is 5.11 Å². The van der Waals surface area contributed by atoms with Gasteiger partial charge in [0.2, 0.25) is 0 Å². The van der Waals surface area contributed by atoms with Crippen LogP contribution in [0.1, 0.15) is 37.8 Å². The summed E-state index contributed by atoms with van der Waals surface area (Å²) in [4.78, 5) is 19.0. The summed E-state index contributed by atoms with van der Waals surface area (Å²) in [5.41, 5.74) is 4.02. The molecule has 0 aliphatic heterocycles. The number of aromatic carboxylic acids is 1. The summed E-state index contributed by atoms with van der Waals surface area (Å²) in [6.45, 7) is 2.09. The lowest BCUT2D eigenvalue weighted by Crippen LogP contribution is -2.05. The van der Waals surface area contributed by atoms with Crippen molar-refractivity contribution in [1.82, 2.24) is 4.98 Å². The van der Waals surface area contributed by atoms with Crippen LogP contribution in [0.3, 0.4) is 0 Å². The highest BCUT2D eigenvalue weighted by atomic mass is 32.1. The van der Waals surface area contributed by atoms with Crippen LogP contribution in [0, 0.1) is 6.92 Å². The van der Waals surface area contributed by atoms with Gasteiger partial charge in [-0.1, -0.05) is 18.2 Å². The lowest BCUT2D eigenvalue weighted by molar-refractivity contribution is 0.0698. The summed E-state index contributed by atoms with van der Waals surface area (Å²) in [5, 5.41) is 10.4. The van der Waals surface area contributed by atoms with E-state index >= 15 is 0 Å². The molecule has 0 amide bonds. The maximum atomic E-state index is 11.8. The predicted octanol–water partition coefficient (Wildman–Crippen LogP) is 4.79. The number of nitrogens with zero attached hydrogens (tertiary/aromatic N) is 1. The number of carboxylic acid groups (broad SMARTS) is 1. The molecule has 3 nitrogen and oxygen atoms in total. The van der Waals surface area contributed by atoms with Crippen LogP contribution in [0.25, 0.3) is 22.6 Å². The second-order valence-corrected chi connectivity index (χ2v) is 7.07. The van der Waals surface area contributed by atoms with Gasteiger partial charge >= 0.3 is 5.97 Å². The predicted molar refractivity (Wildman–Crippen MR) is 94.0 cm³/mol. The molecule has 1 aliphatic rings. The zero-order chi connectivity index (χ0) is 16.0. The number of pyridine rings is 1. The SMILES string of the molecule is Cc1ccc(/C=C2/CCc3c2nc2ccccc2c3C(=O)O)s1. The van der Waals surface area contributed by atoms with Crippen LogP contribution in [0.5, 0.6) is 0 Å². The first kappa shape index (κ1) is 14.2. The van der Waals surface area contributed by atoms with Gasteiger partial charge in [-0.05, 0) is 55.2 Å². The van der Waals surface area contributed by atoms with Crippen molar-refractivity contribution >= 4 is 39.9 Å². The number of rotatable bonds is 2. The molecule has 4 rings (SSSR count). The van der Waals surface area contributed by atoms with Gasteiger partial charge in [0, 0.05) is 15.1 Å². The molecule has 0 radical (unpaired) electrons. The van der Waals surface area contributed by atoms with E-state index in [-0.39, 0.29) is 0 Å². The molecule has 1 aromatic carbocycles. The number of benzene rings is 1. The fourth-order valence-electron chi connectivity index (χ4n) is 3.23. The van der Waals surface area contributed by atoms with Crippen LogP contribution in [0.4, 0.5) is 0 Å². The summed E-state index contributed by atoms with van der Waals surface area (Å²) in [6, 6.07) is 11.7. The van der Waals surface area contributed by atoms with Crippen LogP contribution < -0.4 is 0 Å². The molecule has 4 heteroatoms. The van der Waals surface area contributed by atoms with E-state index in [9.17, 15) is 9.90 Å². The quantitative estimate of drug-likeness (QED) is 0.738. The molecule has 0 spiro atoms. The molecule has 1 N–H and O–H groups in total. The summed E-state index contributed by atoms with van der Waals surface area (Å²) in [6.07, 6.45) is 3.73. The standard InChI is InChI=1S/C19H15NO2S/c1-11-6-8-13(23-11)10-12-7-9-15-17(19(21)22)14-4-2-3-5-16(14)20-18(12)15/h2-6,8,10H,7,9H2,1H3,(H,21,22)/b12-10-. The average Bonchev–Trinajstić information content (AvgIpc) is 3.11. The van der Waals surface area contributed by atoms with Crippen molar-refractivity contribution in [2.75, 3.05) is 0 Å². The summed E-state index contributed by atoms with van der Waals surface area (Å²) >= 11 is 1.74. The Kier molecular flexibility index (Phi) is 3.27. The highest BCUT2D eigenvalue weighted by Crippen LogP contribution is 2.38. The van der Waals surface area contributed by atoms with E-state index in [1.54, 1.807) is 11.3 Å². The molecule has 2 heterocycles. The first-order valence-electron chi connectivity index (χ1n) is 7.56. The van der Waals surface area contributed by atoms with Crippen molar-refractivity contribution in [3.63, 3.8) is 0 Å². The molecule has 2 aromatic heterocycles. The van der Waals surface area contributed by atoms with Crippen LogP contribution in [-0.4, -0.2) is 16.1 Å². The largest absolute Gasteiger partial charge is 0.478 e. The Morgan fingerprint density at radius 1 is 1.22 bits per heavy atom. The molecule has 0 saturated heterocycles. The Bertz CT molecular complexity index is 969. The number of thiophene rings is 1. The fourth-order valence-corrected chi connectivity index (χ4v) is 4.07. The van der Waals surface area contributed by atoms with Gasteiger partial charge in [0.15, 0.2) is 0 Å². The average molecular weight is 321 g/mol. The molecular formula is C19H15NO2S. The van der Waals surface area contributed by atoms with Crippen molar-refractivity contribution in [3.05, 3.63) is 63.0 Å². The molecule has 0 unspecified atom stereocenters. The number of fused-ring (bicyclic) bond motifs is 2. The van der Waals surface area contributed by atoms with E-state index in [1.807, 2.05) is 24.3 Å². The fraction of sp³-hybridized carbons (Fsp3) is 0.158. The molecule has 0 bridgehead atoms. The third-order valence-corrected chi connectivity index (χ3v) is 5.18. The second kappa shape index (κ2) is 5.32. The van der Waals surface area contributed by atoms with Crippen molar-refractivity contribution in [2.24, 2.45) is 0 Å². The van der Waals surface area contributed by atoms with Crippen molar-refractivity contribution in [3.8, 4) is 0 Å². The molecule has 114 valence electrons. The van der Waals surface area contributed by atoms with E-state index in [0.717, 1.165) is 40.6 Å². The van der Waals surface area contributed by atoms with Crippen LogP contribution in [0.15, 0.2) is 36.4 Å². The van der Waals surface area contributed by atoms with E-state index in [0.29, 0.717) is 5.56 Å². The van der Waals surface area contributed by atoms with Crippen molar-refractivity contribution in [2.45, 2.75) is 19.8 Å². The molecule has 0 saturated carbocycles. The summed E-state index contributed by atoms with van der Waals surface area (Å²) < 4.78 is 0. The van der Waals surface area contributed by atoms with Crippen LogP contribution in [0.2, 0.25) is 0 Å². The third kappa shape index (κ3) is 2.35. The van der Waals surface area contributed by atoms with E-state index in [4.69, 9.17) is 4.98 Å². The highest BCUT2D eigenvalue weighted by Gasteiger charge is 2.26. The number of hydrogen-bond acceptors (Lipinski definition) is 3. The molecule has 1 aliphatic carbocycles. The van der Waals surface area contributed by atoms with E-state index in [1.165, 1.54) is 9.75 Å². The monoisotopic (exact) mass is 321 g/mol. The zero-order valence-electron chi connectivity index (χ0n) is 12.7. The van der Waals surface area contributed by atoms with Gasteiger partial charge in [-0.15, -0.1) is 11.3 Å². The van der Waals surface area contributed by atoms with E-state index < -0.39 is 5.97 Å². The van der Waals surface area contributed by atoms with Crippen molar-refractivity contribution in [1.29, 1.82) is 0 Å². The smallest absolute Gasteiger partial charge is 0.336 e. The molecular weight excluding hydrogens is 306 g/mol. The summed E-state index contributed by atoms with van der Waals surface area (Å²) in [7, 11) is 0. The minimum absolute atomic E-state index is 0.413. The van der Waals surface area contributed by atoms with Gasteiger partial charge in [-0.2, -0.15) is 0 Å². The molecule has 0 atom stereocenters. The first-order chi connectivity index (χ1) is 11.1. The maximum Gasteiger partial charge on any atom is 0.336 e. The molecule has 3 aromatic rings. The number of para-hydroxylation sites is 1. The van der Waals surface area contributed by atoms with E-state index in [2.05, 4.69) is 25.1 Å². The summed E-state index contributed by atoms with van der Waals surface area (Å²) in [5.74, 6) is -0.868. The zero-order valence-corrected chi connectivity index (χ0v) is 13.5. The Hall–Kier alpha value is -2.46. The third-order valence-electron chi connectivity index (χ3n) is 4.23. The number of allylic oxidation sites excluding steroid dienone is 1. The highest BCUT2D eigenvalue weighted by molar-refractivity contribution is 7.12. The normalized spacial score (nSPS) is 15.3. The Morgan fingerprint density at radius 3 is 2.78 bits per heavy atom. The number of carboxylic acids is 1. The molecule has 0 fully saturated rings. The van der Waals surface area contributed by atoms with Crippen LogP contribution >= 0.6 is 11.3 Å².